The van der Waals surface area contributed by atoms with Gasteiger partial charge in [-0.05, 0) is 34.6 Å². The van der Waals surface area contributed by atoms with Crippen molar-refractivity contribution in [1.82, 2.24) is 15.0 Å². The summed E-state index contributed by atoms with van der Waals surface area (Å²) in [5.41, 5.74) is -0.185. The summed E-state index contributed by atoms with van der Waals surface area (Å²) in [6, 6.07) is 0. The van der Waals surface area contributed by atoms with Crippen LogP contribution < -0.4 is 10.3 Å². The van der Waals surface area contributed by atoms with Crippen LogP contribution in [-0.2, 0) is 15.9 Å². The molecule has 1 aliphatic heterocycles. The maximum absolute atomic E-state index is 5.93. The minimum Gasteiger partial charge on any atom is -0.480 e. The molecule has 0 saturated carbocycles. The number of aryl methyl sites for hydroxylation is 1. The van der Waals surface area contributed by atoms with E-state index >= 15 is 0 Å². The lowest BCUT2D eigenvalue weighted by Crippen LogP contribution is -2.41. The van der Waals surface area contributed by atoms with E-state index in [2.05, 4.69) is 10.3 Å². The van der Waals surface area contributed by atoms with Gasteiger partial charge in [-0.2, -0.15) is 0 Å². The Bertz CT molecular complexity index is 429. The fourth-order valence-corrected chi connectivity index (χ4v) is 1.84. The first kappa shape index (κ1) is 13.4. The first-order valence-electron chi connectivity index (χ1n) is 6.15. The number of nitrogens with zero attached hydrogens (tertiary/aromatic N) is 3. The summed E-state index contributed by atoms with van der Waals surface area (Å²) in [6.07, 6.45) is 0. The average molecular weight is 253 g/mol. The average Bonchev–Trinajstić information content (AvgIpc) is 2.77. The molecule has 0 unspecified atom stereocenters. The van der Waals surface area contributed by atoms with Gasteiger partial charge >= 0.3 is 7.12 Å². The van der Waals surface area contributed by atoms with Crippen molar-refractivity contribution >= 4 is 12.7 Å². The summed E-state index contributed by atoms with van der Waals surface area (Å²) in [4.78, 5) is 0. The Morgan fingerprint density at radius 1 is 1.22 bits per heavy atom. The minimum atomic E-state index is -0.537. The summed E-state index contributed by atoms with van der Waals surface area (Å²) < 4.78 is 18.9. The van der Waals surface area contributed by atoms with Gasteiger partial charge in [-0.3, -0.25) is 0 Å². The molecule has 6 nitrogen and oxygen atoms in total. The van der Waals surface area contributed by atoms with Crippen LogP contribution in [-0.4, -0.2) is 40.4 Å². The molecule has 0 radical (unpaired) electrons. The van der Waals surface area contributed by atoms with Crippen molar-refractivity contribution in [2.75, 3.05) is 7.11 Å². The highest BCUT2D eigenvalue weighted by Crippen LogP contribution is 2.36. The number of hydrogen-bond donors (Lipinski definition) is 0. The molecule has 1 aromatic rings. The minimum absolute atomic E-state index is 0.390. The Morgan fingerprint density at radius 3 is 2.22 bits per heavy atom. The predicted octanol–water partition coefficient (Wildman–Crippen LogP) is 0.606. The maximum atomic E-state index is 5.93. The Morgan fingerprint density at radius 2 is 1.78 bits per heavy atom. The van der Waals surface area contributed by atoms with Crippen molar-refractivity contribution in [2.45, 2.75) is 52.4 Å². The number of hydrogen-bond acceptors (Lipinski definition) is 5. The molecule has 0 N–H and O–H groups in total. The lowest BCUT2D eigenvalue weighted by Gasteiger charge is -2.32. The molecule has 0 atom stereocenters. The van der Waals surface area contributed by atoms with E-state index in [1.165, 1.54) is 0 Å². The first-order chi connectivity index (χ1) is 8.32. The van der Waals surface area contributed by atoms with Gasteiger partial charge in [-0.25, -0.2) is 4.68 Å². The topological polar surface area (TPSA) is 58.4 Å². The molecule has 0 bridgehead atoms. The normalized spacial score (nSPS) is 21.3. The molecule has 1 saturated heterocycles. The van der Waals surface area contributed by atoms with Gasteiger partial charge < -0.3 is 14.0 Å². The molecule has 1 aromatic heterocycles. The van der Waals surface area contributed by atoms with Crippen molar-refractivity contribution in [2.24, 2.45) is 0 Å². The Hall–Kier alpha value is -1.08. The van der Waals surface area contributed by atoms with E-state index in [9.17, 15) is 0 Å². The van der Waals surface area contributed by atoms with Crippen LogP contribution in [0.4, 0.5) is 0 Å². The molecule has 0 aliphatic carbocycles. The van der Waals surface area contributed by atoms with E-state index in [1.807, 2.05) is 34.6 Å². The van der Waals surface area contributed by atoms with Gasteiger partial charge in [0.2, 0.25) is 5.88 Å². The van der Waals surface area contributed by atoms with E-state index in [4.69, 9.17) is 14.0 Å². The van der Waals surface area contributed by atoms with Crippen LogP contribution in [0.1, 0.15) is 34.6 Å². The Kier molecular flexibility index (Phi) is 3.15. The van der Waals surface area contributed by atoms with Gasteiger partial charge in [0.1, 0.15) is 0 Å². The van der Waals surface area contributed by atoms with Gasteiger partial charge in [0.25, 0.3) is 0 Å². The Labute approximate surface area is 108 Å². The zero-order valence-electron chi connectivity index (χ0n) is 11.9. The zero-order valence-corrected chi connectivity index (χ0v) is 11.9. The van der Waals surface area contributed by atoms with Gasteiger partial charge in [0.15, 0.2) is 5.59 Å². The molecule has 2 rings (SSSR count). The van der Waals surface area contributed by atoms with Crippen molar-refractivity contribution in [3.8, 4) is 5.88 Å². The smallest absolute Gasteiger partial charge is 0.480 e. The number of rotatable bonds is 3. The number of methoxy groups -OCH3 is 1. The summed E-state index contributed by atoms with van der Waals surface area (Å²) in [5.74, 6) is 0.594. The lowest BCUT2D eigenvalue weighted by molar-refractivity contribution is 0.00578. The molecule has 0 aromatic carbocycles. The molecule has 100 valence electrons. The van der Waals surface area contributed by atoms with E-state index in [-0.39, 0.29) is 0 Å². The summed E-state index contributed by atoms with van der Waals surface area (Å²) in [7, 11) is 1.06. The molecule has 7 heteroatoms. The summed E-state index contributed by atoms with van der Waals surface area (Å²) in [5, 5.41) is 8.14. The molecule has 18 heavy (non-hydrogen) atoms. The second kappa shape index (κ2) is 4.24. The largest absolute Gasteiger partial charge is 0.522 e. The SMILES string of the molecule is CCn1nnc(B2OC(C)(C)C(C)(C)O2)c1OC. The molecule has 2 heterocycles. The van der Waals surface area contributed by atoms with Crippen LogP contribution in [0.3, 0.4) is 0 Å². The fraction of sp³-hybridized carbons (Fsp3) is 0.818. The highest BCUT2D eigenvalue weighted by Gasteiger charge is 2.54. The van der Waals surface area contributed by atoms with E-state index in [0.29, 0.717) is 18.0 Å². The zero-order chi connectivity index (χ0) is 13.6. The standard InChI is InChI=1S/C11H20BN3O3/c1-7-15-9(16-6)8(13-14-15)12-17-10(2,3)11(4,5)18-12/h7H2,1-6H3. The molecule has 1 fully saturated rings. The monoisotopic (exact) mass is 253 g/mol. The van der Waals surface area contributed by atoms with Crippen LogP contribution in [0.25, 0.3) is 0 Å². The van der Waals surface area contributed by atoms with Crippen molar-refractivity contribution in [3.63, 3.8) is 0 Å². The highest BCUT2D eigenvalue weighted by molar-refractivity contribution is 6.62. The molecule has 0 spiro atoms. The molecule has 0 amide bonds. The molecular weight excluding hydrogens is 233 g/mol. The van der Waals surface area contributed by atoms with Crippen LogP contribution in [0.15, 0.2) is 0 Å². The van der Waals surface area contributed by atoms with Crippen LogP contribution >= 0.6 is 0 Å². The van der Waals surface area contributed by atoms with Crippen molar-refractivity contribution in [3.05, 3.63) is 0 Å². The first-order valence-corrected chi connectivity index (χ1v) is 6.15. The number of ether oxygens (including phenoxy) is 1. The Balaban J connectivity index is 2.32. The van der Waals surface area contributed by atoms with Gasteiger partial charge in [0.05, 0.1) is 18.3 Å². The highest BCUT2D eigenvalue weighted by atomic mass is 16.7. The van der Waals surface area contributed by atoms with Gasteiger partial charge in [0, 0.05) is 6.54 Å². The van der Waals surface area contributed by atoms with Gasteiger partial charge in [-0.1, -0.05) is 5.21 Å². The van der Waals surface area contributed by atoms with Crippen LogP contribution in [0, 0.1) is 0 Å². The summed E-state index contributed by atoms with van der Waals surface area (Å²) in [6.45, 7) is 10.7. The van der Waals surface area contributed by atoms with E-state index in [0.717, 1.165) is 0 Å². The second-order valence-corrected chi connectivity index (χ2v) is 5.39. The third-order valence-electron chi connectivity index (χ3n) is 3.68. The van der Waals surface area contributed by atoms with E-state index in [1.54, 1.807) is 11.8 Å². The molecular formula is C11H20BN3O3. The second-order valence-electron chi connectivity index (χ2n) is 5.39. The lowest BCUT2D eigenvalue weighted by atomic mass is 9.85. The third-order valence-corrected chi connectivity index (χ3v) is 3.68. The van der Waals surface area contributed by atoms with Crippen molar-refractivity contribution < 1.29 is 14.0 Å². The third kappa shape index (κ3) is 1.91. The number of aromatic nitrogens is 3. The summed E-state index contributed by atoms with van der Waals surface area (Å²) >= 11 is 0. The predicted molar refractivity (Wildman–Crippen MR) is 68.0 cm³/mol. The van der Waals surface area contributed by atoms with Crippen LogP contribution in [0.5, 0.6) is 5.88 Å². The van der Waals surface area contributed by atoms with Crippen molar-refractivity contribution in [1.29, 1.82) is 0 Å². The van der Waals surface area contributed by atoms with Gasteiger partial charge in [-0.15, -0.1) is 5.10 Å². The maximum Gasteiger partial charge on any atom is 0.522 e. The quantitative estimate of drug-likeness (QED) is 0.738. The van der Waals surface area contributed by atoms with Crippen LogP contribution in [0.2, 0.25) is 0 Å². The molecule has 1 aliphatic rings. The fourth-order valence-electron chi connectivity index (χ4n) is 1.84. The van der Waals surface area contributed by atoms with E-state index < -0.39 is 18.3 Å².